The van der Waals surface area contributed by atoms with Crippen LogP contribution in [0.25, 0.3) is 0 Å². The topological polar surface area (TPSA) is 119 Å². The molecular weight excluding hydrogens is 410 g/mol. The largest absolute Gasteiger partial charge is 0.462 e. The standard InChI is InChI=1S/C23H23N5O4/c1-2-31-22(30)19-14-26-23(27-17-8-9-18-16(12-17)13-25-21(18)29)28(20(19)24)32-11-10-15-6-4-3-5-7-15/h3-9,12,14H,2,10-11,13H2,1H3,(H3,24,25,26,27,29,30)/p+1. The number of rotatable bonds is 8. The maximum atomic E-state index is 12.3. The summed E-state index contributed by atoms with van der Waals surface area (Å²) in [6.07, 6.45) is 1.99. The van der Waals surface area contributed by atoms with Gasteiger partial charge in [-0.2, -0.15) is 0 Å². The van der Waals surface area contributed by atoms with E-state index >= 15 is 0 Å². The third kappa shape index (κ3) is 4.46. The van der Waals surface area contributed by atoms with Crippen molar-refractivity contribution in [1.29, 1.82) is 0 Å². The molecule has 9 heteroatoms. The first kappa shape index (κ1) is 21.1. The molecule has 0 aliphatic carbocycles. The SMILES string of the molecule is CCOC(=O)c1cnc(Nc2ccc3c(c2)CNC3=O)[n+](OCCc2ccccc2)c1N. The first-order valence-corrected chi connectivity index (χ1v) is 10.3. The number of esters is 1. The number of ether oxygens (including phenoxy) is 1. The van der Waals surface area contributed by atoms with E-state index in [0.29, 0.717) is 36.8 Å². The van der Waals surface area contributed by atoms with Crippen LogP contribution in [0.3, 0.4) is 0 Å². The molecule has 164 valence electrons. The van der Waals surface area contributed by atoms with Gasteiger partial charge in [0.05, 0.1) is 12.3 Å². The highest BCUT2D eigenvalue weighted by Crippen LogP contribution is 2.22. The van der Waals surface area contributed by atoms with E-state index in [4.69, 9.17) is 15.3 Å². The van der Waals surface area contributed by atoms with E-state index in [-0.39, 0.29) is 23.9 Å². The molecule has 0 saturated carbocycles. The quantitative estimate of drug-likeness (QED) is 0.365. The van der Waals surface area contributed by atoms with Gasteiger partial charge in [-0.15, -0.1) is 4.98 Å². The number of amides is 1. The highest BCUT2D eigenvalue weighted by Gasteiger charge is 2.25. The van der Waals surface area contributed by atoms with Crippen LogP contribution in [0.2, 0.25) is 0 Å². The average Bonchev–Trinajstić information content (AvgIpc) is 3.16. The summed E-state index contributed by atoms with van der Waals surface area (Å²) in [5.74, 6) is -0.300. The van der Waals surface area contributed by atoms with Gasteiger partial charge in [-0.25, -0.2) is 4.79 Å². The van der Waals surface area contributed by atoms with Gasteiger partial charge in [-0.1, -0.05) is 30.3 Å². The molecule has 0 atom stereocenters. The number of aromatic nitrogens is 2. The number of nitrogens with two attached hydrogens (primary N) is 1. The highest BCUT2D eigenvalue weighted by atomic mass is 16.7. The number of hydrogen-bond donors (Lipinski definition) is 3. The maximum absolute atomic E-state index is 12.3. The molecule has 0 unspecified atom stereocenters. The maximum Gasteiger partial charge on any atom is 0.388 e. The van der Waals surface area contributed by atoms with E-state index in [9.17, 15) is 9.59 Å². The molecule has 0 bridgehead atoms. The molecule has 0 spiro atoms. The van der Waals surface area contributed by atoms with Gasteiger partial charge in [0, 0.05) is 18.5 Å². The summed E-state index contributed by atoms with van der Waals surface area (Å²) >= 11 is 0. The molecule has 4 N–H and O–H groups in total. The fourth-order valence-corrected chi connectivity index (χ4v) is 3.39. The second kappa shape index (κ2) is 9.34. The zero-order valence-corrected chi connectivity index (χ0v) is 17.6. The van der Waals surface area contributed by atoms with Gasteiger partial charge in [0.15, 0.2) is 5.56 Å². The molecule has 9 nitrogen and oxygen atoms in total. The molecule has 3 aromatic rings. The Morgan fingerprint density at radius 2 is 2.06 bits per heavy atom. The third-order valence-electron chi connectivity index (χ3n) is 5.00. The van der Waals surface area contributed by atoms with E-state index in [2.05, 4.69) is 15.6 Å². The molecular formula is C23H24N5O4+. The summed E-state index contributed by atoms with van der Waals surface area (Å²) in [6.45, 7) is 2.71. The Balaban J connectivity index is 1.60. The van der Waals surface area contributed by atoms with Crippen LogP contribution < -0.4 is 25.9 Å². The van der Waals surface area contributed by atoms with Crippen molar-refractivity contribution >= 4 is 29.3 Å². The zero-order valence-electron chi connectivity index (χ0n) is 17.6. The van der Waals surface area contributed by atoms with Crippen LogP contribution in [0.15, 0.2) is 54.7 Å². The van der Waals surface area contributed by atoms with Crippen LogP contribution >= 0.6 is 0 Å². The molecule has 2 aromatic carbocycles. The van der Waals surface area contributed by atoms with Crippen LogP contribution in [0, 0.1) is 0 Å². The minimum absolute atomic E-state index is 0.0759. The number of anilines is 3. The number of nitrogens with zero attached hydrogens (tertiary/aromatic N) is 2. The van der Waals surface area contributed by atoms with Crippen LogP contribution in [-0.4, -0.2) is 30.1 Å². The second-order valence-corrected chi connectivity index (χ2v) is 7.14. The molecule has 32 heavy (non-hydrogen) atoms. The van der Waals surface area contributed by atoms with Crippen molar-refractivity contribution in [3.8, 4) is 0 Å². The van der Waals surface area contributed by atoms with Crippen LogP contribution in [-0.2, 0) is 17.7 Å². The van der Waals surface area contributed by atoms with Crippen molar-refractivity contribution in [3.05, 3.63) is 77.0 Å². The van der Waals surface area contributed by atoms with E-state index in [1.165, 1.54) is 10.9 Å². The summed E-state index contributed by atoms with van der Waals surface area (Å²) in [5.41, 5.74) is 9.71. The van der Waals surface area contributed by atoms with Gasteiger partial charge in [-0.05, 0) is 41.0 Å². The molecule has 1 amide bonds. The molecule has 1 aromatic heterocycles. The third-order valence-corrected chi connectivity index (χ3v) is 5.00. The number of carbonyl (C=O) groups excluding carboxylic acids is 2. The van der Waals surface area contributed by atoms with Gasteiger partial charge in [0.2, 0.25) is 5.82 Å². The number of benzene rings is 2. The Kier molecular flexibility index (Phi) is 6.16. The van der Waals surface area contributed by atoms with Crippen molar-refractivity contribution in [2.75, 3.05) is 24.3 Å². The van der Waals surface area contributed by atoms with Gasteiger partial charge in [-0.3, -0.25) is 10.1 Å². The lowest BCUT2D eigenvalue weighted by Crippen LogP contribution is -2.49. The second-order valence-electron chi connectivity index (χ2n) is 7.14. The molecule has 0 radical (unpaired) electrons. The lowest BCUT2D eigenvalue weighted by molar-refractivity contribution is -0.870. The number of nitrogens with one attached hydrogen (secondary N) is 2. The summed E-state index contributed by atoms with van der Waals surface area (Å²) < 4.78 is 6.37. The first-order valence-electron chi connectivity index (χ1n) is 10.3. The van der Waals surface area contributed by atoms with Crippen molar-refractivity contribution in [3.63, 3.8) is 0 Å². The molecule has 1 aliphatic rings. The van der Waals surface area contributed by atoms with E-state index in [1.54, 1.807) is 19.1 Å². The summed E-state index contributed by atoms with van der Waals surface area (Å²) in [6, 6.07) is 15.3. The summed E-state index contributed by atoms with van der Waals surface area (Å²) in [7, 11) is 0. The van der Waals surface area contributed by atoms with Crippen molar-refractivity contribution in [2.24, 2.45) is 0 Å². The smallest absolute Gasteiger partial charge is 0.388 e. The molecule has 4 rings (SSSR count). The highest BCUT2D eigenvalue weighted by molar-refractivity contribution is 5.98. The Morgan fingerprint density at radius 1 is 1.25 bits per heavy atom. The number of nitrogen functional groups attached to an aromatic ring is 1. The minimum atomic E-state index is -0.577. The van der Waals surface area contributed by atoms with E-state index in [0.717, 1.165) is 11.1 Å². The minimum Gasteiger partial charge on any atom is -0.462 e. The molecule has 0 saturated heterocycles. The Hall–Kier alpha value is -4.14. The summed E-state index contributed by atoms with van der Waals surface area (Å²) in [5, 5.41) is 5.95. The lowest BCUT2D eigenvalue weighted by Gasteiger charge is -2.13. The zero-order chi connectivity index (χ0) is 22.5. The van der Waals surface area contributed by atoms with Crippen molar-refractivity contribution in [2.45, 2.75) is 19.9 Å². The fraction of sp³-hybridized carbons (Fsp3) is 0.217. The number of fused-ring (bicyclic) bond motifs is 1. The average molecular weight is 434 g/mol. The number of carbonyl (C=O) groups is 2. The molecule has 2 heterocycles. The van der Waals surface area contributed by atoms with E-state index in [1.807, 2.05) is 36.4 Å². The predicted octanol–water partition coefficient (Wildman–Crippen LogP) is 1.79. The van der Waals surface area contributed by atoms with Gasteiger partial charge >= 0.3 is 11.9 Å². The first-order chi connectivity index (χ1) is 15.6. The van der Waals surface area contributed by atoms with E-state index < -0.39 is 5.97 Å². The normalized spacial score (nSPS) is 12.1. The lowest BCUT2D eigenvalue weighted by atomic mass is 10.1. The van der Waals surface area contributed by atoms with Crippen molar-refractivity contribution in [1.82, 2.24) is 10.3 Å². The Labute approximate surface area is 185 Å². The van der Waals surface area contributed by atoms with Crippen LogP contribution in [0.4, 0.5) is 17.5 Å². The Morgan fingerprint density at radius 3 is 2.84 bits per heavy atom. The summed E-state index contributed by atoms with van der Waals surface area (Å²) in [4.78, 5) is 34.3. The molecule has 0 fully saturated rings. The number of hydrogen-bond acceptors (Lipinski definition) is 7. The predicted molar refractivity (Wildman–Crippen MR) is 117 cm³/mol. The van der Waals surface area contributed by atoms with Crippen LogP contribution in [0.5, 0.6) is 0 Å². The monoisotopic (exact) mass is 434 g/mol. The molecule has 1 aliphatic heterocycles. The Bertz CT molecular complexity index is 1150. The van der Waals surface area contributed by atoms with Gasteiger partial charge < -0.3 is 20.6 Å². The van der Waals surface area contributed by atoms with Crippen LogP contribution in [0.1, 0.15) is 38.8 Å². The van der Waals surface area contributed by atoms with Gasteiger partial charge in [0.1, 0.15) is 12.8 Å². The van der Waals surface area contributed by atoms with Gasteiger partial charge in [0.25, 0.3) is 5.91 Å². The van der Waals surface area contributed by atoms with Crippen molar-refractivity contribution < 1.29 is 23.9 Å². The fourth-order valence-electron chi connectivity index (χ4n) is 3.39.